The van der Waals surface area contributed by atoms with Crippen molar-refractivity contribution in [1.82, 2.24) is 5.32 Å². The number of rotatable bonds is 1. The topological polar surface area (TPSA) is 29.1 Å². The normalized spacial score (nSPS) is 20.8. The minimum atomic E-state index is -0.190. The molecule has 2 nitrogen and oxygen atoms in total. The van der Waals surface area contributed by atoms with Crippen LogP contribution in [-0.4, -0.2) is 12.3 Å². The molecule has 1 unspecified atom stereocenters. The van der Waals surface area contributed by atoms with Crippen molar-refractivity contribution in [3.63, 3.8) is 0 Å². The Morgan fingerprint density at radius 1 is 1.46 bits per heavy atom. The molecular formula is C11H12NO. The third-order valence-electron chi connectivity index (χ3n) is 2.43. The Bertz CT molecular complexity index is 333. The summed E-state index contributed by atoms with van der Waals surface area (Å²) in [6.07, 6.45) is 1.000. The van der Waals surface area contributed by atoms with Gasteiger partial charge in [-0.15, -0.1) is 0 Å². The van der Waals surface area contributed by atoms with Crippen LogP contribution in [-0.2, 0) is 11.2 Å². The summed E-state index contributed by atoms with van der Waals surface area (Å²) in [7, 11) is 0. The maximum atomic E-state index is 11.2. The fraction of sp³-hybridized carbons (Fsp3) is 0.273. The number of carbonyl (C=O) groups excluding carboxylic acids is 1. The Hall–Kier alpha value is -1.15. The van der Waals surface area contributed by atoms with E-state index in [0.29, 0.717) is 0 Å². The largest absolute Gasteiger partial charge is 0.303 e. The molecule has 0 fully saturated rings. The van der Waals surface area contributed by atoms with Gasteiger partial charge in [0, 0.05) is 13.5 Å². The molecule has 1 aliphatic heterocycles. The zero-order valence-corrected chi connectivity index (χ0v) is 7.42. The zero-order valence-electron chi connectivity index (χ0n) is 7.42. The predicted molar refractivity (Wildman–Crippen MR) is 51.3 cm³/mol. The zero-order chi connectivity index (χ0) is 9.26. The van der Waals surface area contributed by atoms with E-state index in [-0.39, 0.29) is 11.8 Å². The van der Waals surface area contributed by atoms with Crippen LogP contribution < -0.4 is 5.32 Å². The minimum Gasteiger partial charge on any atom is -0.303 e. The molecule has 2 heteroatoms. The van der Waals surface area contributed by atoms with Gasteiger partial charge in [-0.1, -0.05) is 24.3 Å². The average Bonchev–Trinajstić information content (AvgIpc) is 2.17. The number of hydrogen-bond acceptors (Lipinski definition) is 2. The van der Waals surface area contributed by atoms with Crippen LogP contribution in [0.1, 0.15) is 17.2 Å². The summed E-state index contributed by atoms with van der Waals surface area (Å²) in [5.41, 5.74) is 2.36. The SMILES string of the molecule is [CH2]C(=O)C1NCCc2ccccc21. The lowest BCUT2D eigenvalue weighted by atomic mass is 9.92. The molecular weight excluding hydrogens is 162 g/mol. The van der Waals surface area contributed by atoms with E-state index < -0.39 is 0 Å². The van der Waals surface area contributed by atoms with Gasteiger partial charge in [-0.3, -0.25) is 4.79 Å². The van der Waals surface area contributed by atoms with Gasteiger partial charge in [-0.25, -0.2) is 0 Å². The van der Waals surface area contributed by atoms with Crippen molar-refractivity contribution >= 4 is 5.78 Å². The highest BCUT2D eigenvalue weighted by Gasteiger charge is 2.22. The fourth-order valence-electron chi connectivity index (χ4n) is 1.79. The Morgan fingerprint density at radius 3 is 3.00 bits per heavy atom. The van der Waals surface area contributed by atoms with Gasteiger partial charge in [0.2, 0.25) is 0 Å². The first kappa shape index (κ1) is 8.45. The van der Waals surface area contributed by atoms with Crippen LogP contribution in [0.15, 0.2) is 24.3 Å². The van der Waals surface area contributed by atoms with Gasteiger partial charge >= 0.3 is 0 Å². The molecule has 1 aromatic carbocycles. The van der Waals surface area contributed by atoms with E-state index in [1.165, 1.54) is 5.56 Å². The lowest BCUT2D eigenvalue weighted by Crippen LogP contribution is -2.34. The van der Waals surface area contributed by atoms with Gasteiger partial charge < -0.3 is 5.32 Å². The van der Waals surface area contributed by atoms with Crippen LogP contribution in [0.25, 0.3) is 0 Å². The molecule has 67 valence electrons. The van der Waals surface area contributed by atoms with Crippen LogP contribution >= 0.6 is 0 Å². The maximum absolute atomic E-state index is 11.2. The highest BCUT2D eigenvalue weighted by molar-refractivity contribution is 5.89. The van der Waals surface area contributed by atoms with Crippen molar-refractivity contribution in [1.29, 1.82) is 0 Å². The number of hydrogen-bond donors (Lipinski definition) is 1. The predicted octanol–water partition coefficient (Wildman–Crippen LogP) is 1.28. The van der Waals surface area contributed by atoms with Gasteiger partial charge in [0.25, 0.3) is 0 Å². The van der Waals surface area contributed by atoms with Crippen molar-refractivity contribution in [3.05, 3.63) is 42.3 Å². The standard InChI is InChI=1S/C11H12NO/c1-8(13)11-10-5-3-2-4-9(10)6-7-12-11/h2-5,11-12H,1,6-7H2. The number of carbonyl (C=O) groups is 1. The highest BCUT2D eigenvalue weighted by Crippen LogP contribution is 2.22. The molecule has 0 spiro atoms. The van der Waals surface area contributed by atoms with Crippen LogP contribution in [0.2, 0.25) is 0 Å². The molecule has 0 aliphatic carbocycles. The summed E-state index contributed by atoms with van der Waals surface area (Å²) < 4.78 is 0. The lowest BCUT2D eigenvalue weighted by Gasteiger charge is -2.24. The first-order valence-corrected chi connectivity index (χ1v) is 4.46. The van der Waals surface area contributed by atoms with Crippen LogP contribution in [0.3, 0.4) is 0 Å². The van der Waals surface area contributed by atoms with Crippen molar-refractivity contribution in [3.8, 4) is 0 Å². The quantitative estimate of drug-likeness (QED) is 0.694. The molecule has 1 heterocycles. The fourth-order valence-corrected chi connectivity index (χ4v) is 1.79. The molecule has 2 rings (SSSR count). The average molecular weight is 174 g/mol. The molecule has 0 bridgehead atoms. The van der Waals surface area contributed by atoms with Crippen molar-refractivity contribution < 1.29 is 4.79 Å². The number of benzene rings is 1. The van der Waals surface area contributed by atoms with Gasteiger partial charge in [0.1, 0.15) is 0 Å². The van der Waals surface area contributed by atoms with E-state index in [9.17, 15) is 4.79 Å². The van der Waals surface area contributed by atoms with Gasteiger partial charge in [-0.2, -0.15) is 0 Å². The van der Waals surface area contributed by atoms with E-state index in [1.807, 2.05) is 18.2 Å². The van der Waals surface area contributed by atoms with E-state index in [1.54, 1.807) is 0 Å². The molecule has 0 aromatic heterocycles. The molecule has 1 aromatic rings. The molecule has 1 aliphatic rings. The van der Waals surface area contributed by atoms with Crippen molar-refractivity contribution in [2.45, 2.75) is 12.5 Å². The molecule has 0 saturated carbocycles. The first-order chi connectivity index (χ1) is 6.29. The minimum absolute atomic E-state index is 0.0489. The Labute approximate surface area is 78.0 Å². The van der Waals surface area contributed by atoms with Gasteiger partial charge in [0.15, 0.2) is 5.78 Å². The number of fused-ring (bicyclic) bond motifs is 1. The summed E-state index contributed by atoms with van der Waals surface area (Å²) >= 11 is 0. The molecule has 0 amide bonds. The second-order valence-corrected chi connectivity index (χ2v) is 3.30. The van der Waals surface area contributed by atoms with Crippen molar-refractivity contribution in [2.24, 2.45) is 0 Å². The number of ketones is 1. The van der Waals surface area contributed by atoms with E-state index in [2.05, 4.69) is 18.3 Å². The van der Waals surface area contributed by atoms with Crippen LogP contribution in [0, 0.1) is 6.92 Å². The Morgan fingerprint density at radius 2 is 2.23 bits per heavy atom. The van der Waals surface area contributed by atoms with Gasteiger partial charge in [-0.05, 0) is 17.5 Å². The second-order valence-electron chi connectivity index (χ2n) is 3.30. The monoisotopic (exact) mass is 174 g/mol. The van der Waals surface area contributed by atoms with E-state index in [0.717, 1.165) is 18.5 Å². The summed E-state index contributed by atoms with van der Waals surface area (Å²) in [5.74, 6) is -0.0489. The summed E-state index contributed by atoms with van der Waals surface area (Å²) in [6.45, 7) is 4.32. The summed E-state index contributed by atoms with van der Waals surface area (Å²) in [6, 6.07) is 7.85. The van der Waals surface area contributed by atoms with Crippen LogP contribution in [0.5, 0.6) is 0 Å². The highest BCUT2D eigenvalue weighted by atomic mass is 16.1. The molecule has 1 radical (unpaired) electrons. The third-order valence-corrected chi connectivity index (χ3v) is 2.43. The van der Waals surface area contributed by atoms with E-state index in [4.69, 9.17) is 0 Å². The Balaban J connectivity index is 2.42. The summed E-state index contributed by atoms with van der Waals surface area (Å²) in [5, 5.41) is 3.16. The first-order valence-electron chi connectivity index (χ1n) is 4.46. The molecule has 1 N–H and O–H groups in total. The summed E-state index contributed by atoms with van der Waals surface area (Å²) in [4.78, 5) is 11.2. The maximum Gasteiger partial charge on any atom is 0.154 e. The lowest BCUT2D eigenvalue weighted by molar-refractivity contribution is -0.117. The smallest absolute Gasteiger partial charge is 0.154 e. The van der Waals surface area contributed by atoms with Crippen molar-refractivity contribution in [2.75, 3.05) is 6.54 Å². The van der Waals surface area contributed by atoms with Gasteiger partial charge in [0.05, 0.1) is 6.04 Å². The second kappa shape index (κ2) is 3.30. The number of Topliss-reactive ketones (excluding diaryl/α,β-unsaturated/α-hetero) is 1. The third kappa shape index (κ3) is 1.49. The van der Waals surface area contributed by atoms with Crippen LogP contribution in [0.4, 0.5) is 0 Å². The molecule has 0 saturated heterocycles. The van der Waals surface area contributed by atoms with E-state index >= 15 is 0 Å². The molecule has 1 atom stereocenters. The molecule has 13 heavy (non-hydrogen) atoms. The Kier molecular flexibility index (Phi) is 2.15. The number of nitrogens with one attached hydrogen (secondary N) is 1.